The fraction of sp³-hybridized carbons (Fsp3) is 0.714. The van der Waals surface area contributed by atoms with Gasteiger partial charge in [-0.3, -0.25) is 0 Å². The first-order valence-electron chi connectivity index (χ1n) is 7.35. The van der Waals surface area contributed by atoms with Crippen LogP contribution in [0, 0.1) is 5.92 Å². The van der Waals surface area contributed by atoms with Gasteiger partial charge < -0.3 is 10.2 Å². The second-order valence-corrected chi connectivity index (χ2v) is 5.39. The van der Waals surface area contributed by atoms with Crippen LogP contribution in [0.4, 0.5) is 19.0 Å². The number of halogens is 3. The van der Waals surface area contributed by atoms with Gasteiger partial charge in [-0.05, 0) is 37.9 Å². The third kappa shape index (κ3) is 4.56. The summed E-state index contributed by atoms with van der Waals surface area (Å²) in [6, 6.07) is 3.58. The van der Waals surface area contributed by atoms with Crippen molar-refractivity contribution in [2.24, 2.45) is 5.92 Å². The van der Waals surface area contributed by atoms with Crippen molar-refractivity contribution in [2.45, 2.75) is 38.9 Å². The van der Waals surface area contributed by atoms with E-state index in [2.05, 4.69) is 22.4 Å². The zero-order valence-electron chi connectivity index (χ0n) is 12.2. The first-order chi connectivity index (χ1) is 10.0. The van der Waals surface area contributed by atoms with Crippen LogP contribution >= 0.6 is 0 Å². The van der Waals surface area contributed by atoms with Gasteiger partial charge in [0.15, 0.2) is 5.82 Å². The number of nitrogens with zero attached hydrogens (tertiary/aromatic N) is 3. The normalized spacial score (nSPS) is 19.8. The van der Waals surface area contributed by atoms with Crippen molar-refractivity contribution in [1.29, 1.82) is 0 Å². The molecule has 1 N–H and O–H groups in total. The van der Waals surface area contributed by atoms with Crippen molar-refractivity contribution < 1.29 is 13.2 Å². The highest BCUT2D eigenvalue weighted by Gasteiger charge is 2.42. The lowest BCUT2D eigenvalue weighted by Gasteiger charge is -2.34. The van der Waals surface area contributed by atoms with E-state index in [9.17, 15) is 13.2 Å². The fourth-order valence-electron chi connectivity index (χ4n) is 2.46. The topological polar surface area (TPSA) is 41.0 Å². The van der Waals surface area contributed by atoms with E-state index in [-0.39, 0.29) is 13.0 Å². The molecule has 0 saturated carbocycles. The van der Waals surface area contributed by atoms with E-state index in [0.29, 0.717) is 25.3 Å². The second-order valence-electron chi connectivity index (χ2n) is 5.39. The van der Waals surface area contributed by atoms with E-state index < -0.39 is 12.1 Å². The van der Waals surface area contributed by atoms with Gasteiger partial charge in [0.05, 0.1) is 11.6 Å². The lowest BCUT2D eigenvalue weighted by molar-refractivity contribution is -0.176. The first kappa shape index (κ1) is 16.0. The molecule has 2 heterocycles. The summed E-state index contributed by atoms with van der Waals surface area (Å²) in [5.41, 5.74) is 0.802. The van der Waals surface area contributed by atoms with E-state index in [1.165, 1.54) is 0 Å². The summed E-state index contributed by atoms with van der Waals surface area (Å²) in [6.45, 7) is 4.20. The number of rotatable bonds is 5. The monoisotopic (exact) mass is 302 g/mol. The molecule has 21 heavy (non-hydrogen) atoms. The van der Waals surface area contributed by atoms with E-state index >= 15 is 0 Å². The average molecular weight is 302 g/mol. The van der Waals surface area contributed by atoms with Crippen LogP contribution in [0.3, 0.4) is 0 Å². The molecule has 0 aromatic carbocycles. The summed E-state index contributed by atoms with van der Waals surface area (Å²) < 4.78 is 38.4. The SMILES string of the molecule is CCCNCc1ccc(N2CCCC(C(F)(F)F)C2)nn1. The predicted molar refractivity (Wildman–Crippen MR) is 75.0 cm³/mol. The summed E-state index contributed by atoms with van der Waals surface area (Å²) in [5.74, 6) is -0.734. The first-order valence-corrected chi connectivity index (χ1v) is 7.35. The van der Waals surface area contributed by atoms with Crippen LogP contribution in [0.1, 0.15) is 31.9 Å². The molecule has 118 valence electrons. The predicted octanol–water partition coefficient (Wildman–Crippen LogP) is 2.75. The third-order valence-electron chi connectivity index (χ3n) is 3.65. The van der Waals surface area contributed by atoms with Crippen LogP contribution in [0.25, 0.3) is 0 Å². The van der Waals surface area contributed by atoms with E-state index in [4.69, 9.17) is 0 Å². The summed E-state index contributed by atoms with van der Waals surface area (Å²) in [7, 11) is 0. The fourth-order valence-corrected chi connectivity index (χ4v) is 2.46. The molecule has 1 aliphatic heterocycles. The third-order valence-corrected chi connectivity index (χ3v) is 3.65. The molecule has 7 heteroatoms. The Morgan fingerprint density at radius 3 is 2.76 bits per heavy atom. The standard InChI is InChI=1S/C14H21F3N4/c1-2-7-18-9-12-5-6-13(20-19-12)21-8-3-4-11(10-21)14(15,16)17/h5-6,11,18H,2-4,7-10H2,1H3. The Kier molecular flexibility index (Phi) is 5.39. The minimum atomic E-state index is -4.13. The van der Waals surface area contributed by atoms with Crippen LogP contribution in [0.5, 0.6) is 0 Å². The lowest BCUT2D eigenvalue weighted by atomic mass is 9.97. The van der Waals surface area contributed by atoms with Gasteiger partial charge in [-0.2, -0.15) is 18.3 Å². The summed E-state index contributed by atoms with van der Waals surface area (Å²) >= 11 is 0. The molecule has 1 aromatic rings. The number of alkyl halides is 3. The minimum Gasteiger partial charge on any atom is -0.355 e. The van der Waals surface area contributed by atoms with Crippen LogP contribution in [-0.2, 0) is 6.54 Å². The van der Waals surface area contributed by atoms with Crippen molar-refractivity contribution in [3.63, 3.8) is 0 Å². The number of hydrogen-bond acceptors (Lipinski definition) is 4. The average Bonchev–Trinajstić information content (AvgIpc) is 2.47. The lowest BCUT2D eigenvalue weighted by Crippen LogP contribution is -2.42. The van der Waals surface area contributed by atoms with E-state index in [1.54, 1.807) is 11.0 Å². The highest BCUT2D eigenvalue weighted by atomic mass is 19.4. The Bertz CT molecular complexity index is 433. The molecule has 0 bridgehead atoms. The Morgan fingerprint density at radius 2 is 2.14 bits per heavy atom. The number of nitrogens with one attached hydrogen (secondary N) is 1. The summed E-state index contributed by atoms with van der Waals surface area (Å²) in [6.07, 6.45) is -2.35. The highest BCUT2D eigenvalue weighted by molar-refractivity contribution is 5.38. The number of piperidine rings is 1. The summed E-state index contributed by atoms with van der Waals surface area (Å²) in [5, 5.41) is 11.4. The minimum absolute atomic E-state index is 0.0222. The largest absolute Gasteiger partial charge is 0.393 e. The van der Waals surface area contributed by atoms with Gasteiger partial charge in [0.2, 0.25) is 0 Å². The molecule has 2 rings (SSSR count). The molecular formula is C14H21F3N4. The van der Waals surface area contributed by atoms with Gasteiger partial charge in [-0.1, -0.05) is 6.92 Å². The van der Waals surface area contributed by atoms with Crippen molar-refractivity contribution in [1.82, 2.24) is 15.5 Å². The second kappa shape index (κ2) is 7.06. The maximum atomic E-state index is 12.8. The Labute approximate surface area is 122 Å². The van der Waals surface area contributed by atoms with Crippen LogP contribution in [0.2, 0.25) is 0 Å². The molecule has 0 aliphatic carbocycles. The Balaban J connectivity index is 1.95. The van der Waals surface area contributed by atoms with E-state index in [1.807, 2.05) is 6.07 Å². The van der Waals surface area contributed by atoms with Crippen LogP contribution in [0.15, 0.2) is 12.1 Å². The molecular weight excluding hydrogens is 281 g/mol. The smallest absolute Gasteiger partial charge is 0.355 e. The maximum Gasteiger partial charge on any atom is 0.393 e. The van der Waals surface area contributed by atoms with Crippen LogP contribution in [-0.4, -0.2) is 36.0 Å². The van der Waals surface area contributed by atoms with Crippen molar-refractivity contribution in [2.75, 3.05) is 24.5 Å². The van der Waals surface area contributed by atoms with Crippen molar-refractivity contribution in [3.05, 3.63) is 17.8 Å². The Hall–Kier alpha value is -1.37. The van der Waals surface area contributed by atoms with E-state index in [0.717, 1.165) is 18.7 Å². The Morgan fingerprint density at radius 1 is 1.33 bits per heavy atom. The quantitative estimate of drug-likeness (QED) is 0.849. The molecule has 1 aromatic heterocycles. The van der Waals surface area contributed by atoms with Gasteiger partial charge in [-0.15, -0.1) is 5.10 Å². The molecule has 1 saturated heterocycles. The molecule has 1 fully saturated rings. The molecule has 1 atom stereocenters. The van der Waals surface area contributed by atoms with Gasteiger partial charge in [0.25, 0.3) is 0 Å². The molecule has 0 radical (unpaired) electrons. The zero-order valence-corrected chi connectivity index (χ0v) is 12.2. The molecule has 4 nitrogen and oxygen atoms in total. The molecule has 1 unspecified atom stereocenters. The molecule has 0 spiro atoms. The summed E-state index contributed by atoms with van der Waals surface area (Å²) in [4.78, 5) is 1.68. The van der Waals surface area contributed by atoms with Crippen LogP contribution < -0.4 is 10.2 Å². The zero-order chi connectivity index (χ0) is 15.3. The maximum absolute atomic E-state index is 12.8. The van der Waals surface area contributed by atoms with Gasteiger partial charge in [0.1, 0.15) is 0 Å². The molecule has 0 amide bonds. The van der Waals surface area contributed by atoms with Gasteiger partial charge in [0, 0.05) is 19.6 Å². The highest BCUT2D eigenvalue weighted by Crippen LogP contribution is 2.34. The number of hydrogen-bond donors (Lipinski definition) is 1. The van der Waals surface area contributed by atoms with Crippen molar-refractivity contribution >= 4 is 5.82 Å². The number of anilines is 1. The molecule has 1 aliphatic rings. The van der Waals surface area contributed by atoms with Crippen molar-refractivity contribution in [3.8, 4) is 0 Å². The van der Waals surface area contributed by atoms with Gasteiger partial charge >= 0.3 is 6.18 Å². The number of aromatic nitrogens is 2. The van der Waals surface area contributed by atoms with Gasteiger partial charge in [-0.25, -0.2) is 0 Å².